The van der Waals surface area contributed by atoms with Gasteiger partial charge in [-0.05, 0) is 98.1 Å². The largest absolute Gasteiger partial charge is 0.309 e. The fourth-order valence-corrected chi connectivity index (χ4v) is 11.4. The highest BCUT2D eigenvalue weighted by molar-refractivity contribution is 6.03. The average Bonchev–Trinajstić information content (AvgIpc) is 3.91. The molecule has 3 aliphatic carbocycles. The average molecular weight is 804 g/mol. The molecule has 0 N–H and O–H groups in total. The van der Waals surface area contributed by atoms with Gasteiger partial charge in [0.2, 0.25) is 0 Å². The molecule has 3 heteroatoms. The summed E-state index contributed by atoms with van der Waals surface area (Å²) in [5.74, 6) is 0.706. The van der Waals surface area contributed by atoms with E-state index in [1.165, 1.54) is 66.8 Å². The highest BCUT2D eigenvalue weighted by Gasteiger charge is 2.52. The number of para-hydroxylation sites is 1. The van der Waals surface area contributed by atoms with Crippen LogP contribution in [0.25, 0.3) is 66.9 Å². The van der Waals surface area contributed by atoms with Crippen LogP contribution in [0.1, 0.15) is 47.2 Å². The van der Waals surface area contributed by atoms with Crippen molar-refractivity contribution in [3.05, 3.63) is 246 Å². The Hall–Kier alpha value is -7.88. The first-order valence-corrected chi connectivity index (χ1v) is 21.9. The molecule has 0 amide bonds. The molecule has 0 atom stereocenters. The van der Waals surface area contributed by atoms with Crippen LogP contribution in [-0.2, 0) is 10.8 Å². The maximum atomic E-state index is 5.25. The van der Waals surface area contributed by atoms with Gasteiger partial charge >= 0.3 is 0 Å². The summed E-state index contributed by atoms with van der Waals surface area (Å²) in [6, 6.07) is 77.7. The minimum atomic E-state index is -0.457. The summed E-state index contributed by atoms with van der Waals surface area (Å²) in [6.45, 7) is 4.73. The maximum absolute atomic E-state index is 5.25. The van der Waals surface area contributed by atoms with Crippen molar-refractivity contribution in [2.75, 3.05) is 4.90 Å². The van der Waals surface area contributed by atoms with Crippen LogP contribution in [-0.4, -0.2) is 9.97 Å². The zero-order valence-corrected chi connectivity index (χ0v) is 35.0. The first-order valence-electron chi connectivity index (χ1n) is 21.9. The highest BCUT2D eigenvalue weighted by Crippen LogP contribution is 2.65. The third kappa shape index (κ3) is 4.91. The lowest BCUT2D eigenvalue weighted by Crippen LogP contribution is -2.26. The molecule has 0 saturated heterocycles. The normalized spacial score (nSPS) is 14.1. The van der Waals surface area contributed by atoms with Crippen molar-refractivity contribution in [2.45, 2.75) is 24.7 Å². The van der Waals surface area contributed by atoms with E-state index in [9.17, 15) is 0 Å². The highest BCUT2D eigenvalue weighted by atomic mass is 15.1. The minimum absolute atomic E-state index is 0.159. The molecule has 1 heterocycles. The molecule has 0 fully saturated rings. The number of anilines is 3. The van der Waals surface area contributed by atoms with Crippen molar-refractivity contribution in [3.8, 4) is 56.0 Å². The van der Waals surface area contributed by atoms with E-state index in [0.717, 1.165) is 44.8 Å². The quantitative estimate of drug-likeness (QED) is 0.174. The molecule has 3 aliphatic rings. The molecule has 10 aromatic rings. The molecule has 13 rings (SSSR count). The second-order valence-electron chi connectivity index (χ2n) is 17.6. The molecule has 1 spiro atoms. The third-order valence-corrected chi connectivity index (χ3v) is 14.1. The van der Waals surface area contributed by atoms with E-state index in [1.807, 2.05) is 6.07 Å². The van der Waals surface area contributed by atoms with E-state index in [-0.39, 0.29) is 5.41 Å². The Balaban J connectivity index is 1.07. The molecular weight excluding hydrogens is 763 g/mol. The summed E-state index contributed by atoms with van der Waals surface area (Å²) < 4.78 is 0. The van der Waals surface area contributed by atoms with Gasteiger partial charge in [0.05, 0.1) is 28.0 Å². The van der Waals surface area contributed by atoms with Crippen LogP contribution in [0.15, 0.2) is 212 Å². The SMILES string of the molecule is CC1(C)c2ccccc2-c2c(N(c3ccc(-c4nc(-c5ccccc5)c5ccccc5n4)cc3)c3cccc4c3-c3ccccc3C43c4ccccc4-c4ccccc43)cccc21. The molecule has 1 aromatic heterocycles. The topological polar surface area (TPSA) is 29.0 Å². The van der Waals surface area contributed by atoms with Crippen molar-refractivity contribution in [2.24, 2.45) is 0 Å². The van der Waals surface area contributed by atoms with E-state index in [1.54, 1.807) is 0 Å². The van der Waals surface area contributed by atoms with Crippen molar-refractivity contribution in [1.82, 2.24) is 9.97 Å². The zero-order valence-electron chi connectivity index (χ0n) is 35.0. The van der Waals surface area contributed by atoms with Gasteiger partial charge in [0, 0.05) is 38.7 Å². The van der Waals surface area contributed by atoms with Gasteiger partial charge in [-0.3, -0.25) is 0 Å². The summed E-state index contributed by atoms with van der Waals surface area (Å²) >= 11 is 0. The van der Waals surface area contributed by atoms with Crippen LogP contribution >= 0.6 is 0 Å². The molecule has 63 heavy (non-hydrogen) atoms. The number of rotatable bonds is 5. The Bertz CT molecular complexity index is 3450. The molecule has 3 nitrogen and oxygen atoms in total. The van der Waals surface area contributed by atoms with E-state index in [2.05, 4.69) is 225 Å². The Labute approximate surface area is 367 Å². The smallest absolute Gasteiger partial charge is 0.160 e. The molecule has 0 radical (unpaired) electrons. The van der Waals surface area contributed by atoms with Crippen molar-refractivity contribution >= 4 is 28.0 Å². The van der Waals surface area contributed by atoms with Crippen LogP contribution in [0.3, 0.4) is 0 Å². The van der Waals surface area contributed by atoms with E-state index in [4.69, 9.17) is 9.97 Å². The molecule has 0 saturated carbocycles. The summed E-state index contributed by atoms with van der Waals surface area (Å²) in [5, 5.41) is 1.04. The van der Waals surface area contributed by atoms with Gasteiger partial charge in [0.25, 0.3) is 0 Å². The van der Waals surface area contributed by atoms with E-state index in [0.29, 0.717) is 5.82 Å². The molecule has 0 bridgehead atoms. The third-order valence-electron chi connectivity index (χ3n) is 14.1. The summed E-state index contributed by atoms with van der Waals surface area (Å²) in [5.41, 5.74) is 22.4. The summed E-state index contributed by atoms with van der Waals surface area (Å²) in [4.78, 5) is 12.9. The lowest BCUT2D eigenvalue weighted by atomic mass is 9.70. The van der Waals surface area contributed by atoms with Gasteiger partial charge in [-0.15, -0.1) is 0 Å². The van der Waals surface area contributed by atoms with Gasteiger partial charge in [-0.25, -0.2) is 9.97 Å². The van der Waals surface area contributed by atoms with Gasteiger partial charge in [0.15, 0.2) is 5.82 Å². The number of benzene rings is 9. The summed E-state index contributed by atoms with van der Waals surface area (Å²) in [6.07, 6.45) is 0. The Morgan fingerprint density at radius 3 is 1.52 bits per heavy atom. The van der Waals surface area contributed by atoms with Gasteiger partial charge in [-0.1, -0.05) is 184 Å². The van der Waals surface area contributed by atoms with E-state index < -0.39 is 5.41 Å². The molecular formula is C60H41N3. The van der Waals surface area contributed by atoms with E-state index >= 15 is 0 Å². The number of aromatic nitrogens is 2. The van der Waals surface area contributed by atoms with Gasteiger partial charge in [-0.2, -0.15) is 0 Å². The molecule has 0 aliphatic heterocycles. The van der Waals surface area contributed by atoms with Gasteiger partial charge < -0.3 is 4.90 Å². The summed E-state index contributed by atoms with van der Waals surface area (Å²) in [7, 11) is 0. The van der Waals surface area contributed by atoms with Crippen molar-refractivity contribution < 1.29 is 0 Å². The molecule has 0 unspecified atom stereocenters. The second kappa shape index (κ2) is 13.3. The van der Waals surface area contributed by atoms with Crippen LogP contribution in [0.2, 0.25) is 0 Å². The fraction of sp³-hybridized carbons (Fsp3) is 0.0667. The Kier molecular flexibility index (Phi) is 7.57. The first-order chi connectivity index (χ1) is 31.0. The molecule has 9 aromatic carbocycles. The monoisotopic (exact) mass is 803 g/mol. The zero-order chi connectivity index (χ0) is 41.9. The number of hydrogen-bond donors (Lipinski definition) is 0. The van der Waals surface area contributed by atoms with Crippen LogP contribution < -0.4 is 4.90 Å². The Morgan fingerprint density at radius 1 is 0.365 bits per heavy atom. The first kappa shape index (κ1) is 35.8. The minimum Gasteiger partial charge on any atom is -0.309 e. The lowest BCUT2D eigenvalue weighted by Gasteiger charge is -2.32. The lowest BCUT2D eigenvalue weighted by molar-refractivity contribution is 0.660. The van der Waals surface area contributed by atoms with Gasteiger partial charge in [0.1, 0.15) is 0 Å². The van der Waals surface area contributed by atoms with Crippen LogP contribution in [0.4, 0.5) is 17.1 Å². The molecule has 296 valence electrons. The van der Waals surface area contributed by atoms with Crippen LogP contribution in [0.5, 0.6) is 0 Å². The van der Waals surface area contributed by atoms with Crippen LogP contribution in [0, 0.1) is 0 Å². The Morgan fingerprint density at radius 2 is 0.857 bits per heavy atom. The number of fused-ring (bicyclic) bond motifs is 14. The standard InChI is InChI=1S/C60H41N3/c1-59(2)46-25-11-8-22-43(46)55-50(59)29-16-32-53(55)63(40-36-34-39(35-37-40)58-61-52-31-15-10-24-45(52)57(62-58)38-18-4-3-5-19-38)54-33-17-30-51-56(54)44-23-9-14-28-49(44)60(51)47-26-12-6-20-41(47)42-21-7-13-27-48(42)60/h3-37H,1-2H3. The maximum Gasteiger partial charge on any atom is 0.160 e. The fourth-order valence-electron chi connectivity index (χ4n) is 11.4. The van der Waals surface area contributed by atoms with Crippen molar-refractivity contribution in [1.29, 1.82) is 0 Å². The predicted molar refractivity (Wildman–Crippen MR) is 259 cm³/mol. The number of nitrogens with zero attached hydrogens (tertiary/aromatic N) is 3. The second-order valence-corrected chi connectivity index (χ2v) is 17.6. The van der Waals surface area contributed by atoms with Crippen molar-refractivity contribution in [3.63, 3.8) is 0 Å². The predicted octanol–water partition coefficient (Wildman–Crippen LogP) is 15.1. The number of hydrogen-bond acceptors (Lipinski definition) is 3.